The molecule has 128 valence electrons. The molecule has 0 unspecified atom stereocenters. The third-order valence-corrected chi connectivity index (χ3v) is 3.22. The van der Waals surface area contributed by atoms with Crippen LogP contribution in [0.3, 0.4) is 0 Å². The Kier molecular flexibility index (Phi) is 7.07. The third kappa shape index (κ3) is 7.68. The summed E-state index contributed by atoms with van der Waals surface area (Å²) in [6.07, 6.45) is 1.52. The predicted octanol–water partition coefficient (Wildman–Crippen LogP) is 3.83. The van der Waals surface area contributed by atoms with Crippen molar-refractivity contribution in [1.29, 1.82) is 0 Å². The third-order valence-electron chi connectivity index (χ3n) is 3.22. The fourth-order valence-electron chi connectivity index (χ4n) is 2.00. The monoisotopic (exact) mass is 320 g/mol. The molecule has 1 N–H and O–H groups in total. The number of hydrogen-bond donors (Lipinski definition) is 1. The first-order valence-corrected chi connectivity index (χ1v) is 8.04. The van der Waals surface area contributed by atoms with Crippen LogP contribution in [0.2, 0.25) is 0 Å². The lowest BCUT2D eigenvalue weighted by molar-refractivity contribution is -0.116. The molecule has 5 heteroatoms. The van der Waals surface area contributed by atoms with Gasteiger partial charge in [0.25, 0.3) is 0 Å². The molecule has 2 amide bonds. The van der Waals surface area contributed by atoms with Crippen molar-refractivity contribution in [2.24, 2.45) is 0 Å². The zero-order valence-corrected chi connectivity index (χ0v) is 14.8. The van der Waals surface area contributed by atoms with Crippen LogP contribution in [0.25, 0.3) is 0 Å². The van der Waals surface area contributed by atoms with Gasteiger partial charge in [-0.25, -0.2) is 4.79 Å². The van der Waals surface area contributed by atoms with Gasteiger partial charge in [-0.05, 0) is 51.3 Å². The van der Waals surface area contributed by atoms with E-state index >= 15 is 0 Å². The normalized spacial score (nSPS) is 11.0. The summed E-state index contributed by atoms with van der Waals surface area (Å²) in [4.78, 5) is 25.2. The predicted molar refractivity (Wildman–Crippen MR) is 92.5 cm³/mol. The van der Waals surface area contributed by atoms with E-state index < -0.39 is 5.60 Å². The van der Waals surface area contributed by atoms with E-state index in [4.69, 9.17) is 4.74 Å². The molecule has 1 aromatic carbocycles. The summed E-state index contributed by atoms with van der Waals surface area (Å²) in [6, 6.07) is 7.82. The summed E-state index contributed by atoms with van der Waals surface area (Å²) in [6.45, 7) is 8.05. The van der Waals surface area contributed by atoms with Crippen molar-refractivity contribution < 1.29 is 14.3 Å². The highest BCUT2D eigenvalue weighted by Gasteiger charge is 2.19. The fourth-order valence-corrected chi connectivity index (χ4v) is 2.00. The Morgan fingerprint density at radius 3 is 2.57 bits per heavy atom. The van der Waals surface area contributed by atoms with Crippen molar-refractivity contribution in [3.63, 3.8) is 0 Å². The molecular weight excluding hydrogens is 292 g/mol. The number of carbonyl (C=O) groups is 2. The Bertz CT molecular complexity index is 535. The molecule has 0 heterocycles. The van der Waals surface area contributed by atoms with Crippen molar-refractivity contribution >= 4 is 17.7 Å². The Balaban J connectivity index is 2.34. The van der Waals surface area contributed by atoms with Gasteiger partial charge in [-0.3, -0.25) is 4.79 Å². The lowest BCUT2D eigenvalue weighted by atomic mass is 10.1. The summed E-state index contributed by atoms with van der Waals surface area (Å²) in [5.74, 6) is -0.0455. The van der Waals surface area contributed by atoms with E-state index in [2.05, 4.69) is 12.2 Å². The minimum absolute atomic E-state index is 0.0455. The number of benzene rings is 1. The number of amides is 2. The molecule has 0 atom stereocenters. The number of carbonyl (C=O) groups excluding carboxylic acids is 2. The maximum atomic E-state index is 11.9. The second-order valence-electron chi connectivity index (χ2n) is 6.61. The second-order valence-corrected chi connectivity index (χ2v) is 6.61. The largest absolute Gasteiger partial charge is 0.444 e. The topological polar surface area (TPSA) is 58.6 Å². The SMILES string of the molecule is CCc1cccc(NC(=O)CCCN(C)C(=O)OC(C)(C)C)c1. The molecule has 23 heavy (non-hydrogen) atoms. The van der Waals surface area contributed by atoms with E-state index in [1.165, 1.54) is 10.5 Å². The first kappa shape index (κ1) is 19.0. The van der Waals surface area contributed by atoms with Crippen LogP contribution in [-0.4, -0.2) is 36.1 Å². The van der Waals surface area contributed by atoms with Crippen LogP contribution in [0.4, 0.5) is 10.5 Å². The van der Waals surface area contributed by atoms with Crippen LogP contribution in [0, 0.1) is 0 Å². The first-order chi connectivity index (χ1) is 10.7. The highest BCUT2D eigenvalue weighted by molar-refractivity contribution is 5.90. The van der Waals surface area contributed by atoms with E-state index in [1.54, 1.807) is 7.05 Å². The van der Waals surface area contributed by atoms with Gasteiger partial charge in [0.1, 0.15) is 5.60 Å². The molecule has 0 saturated carbocycles. The smallest absolute Gasteiger partial charge is 0.410 e. The average molecular weight is 320 g/mol. The van der Waals surface area contributed by atoms with Crippen molar-refractivity contribution in [1.82, 2.24) is 4.90 Å². The molecule has 0 bridgehead atoms. The minimum atomic E-state index is -0.507. The standard InChI is InChI=1S/C18H28N2O3/c1-6-14-9-7-10-15(13-14)19-16(21)11-8-12-20(5)17(22)23-18(2,3)4/h7,9-10,13H,6,8,11-12H2,1-5H3,(H,19,21). The van der Waals surface area contributed by atoms with Crippen LogP contribution >= 0.6 is 0 Å². The van der Waals surface area contributed by atoms with Gasteiger partial charge in [0.15, 0.2) is 0 Å². The molecule has 0 aliphatic rings. The van der Waals surface area contributed by atoms with E-state index in [1.807, 2.05) is 45.0 Å². The fraction of sp³-hybridized carbons (Fsp3) is 0.556. The Labute approximate surface area is 139 Å². The maximum absolute atomic E-state index is 11.9. The lowest BCUT2D eigenvalue weighted by Gasteiger charge is -2.24. The first-order valence-electron chi connectivity index (χ1n) is 8.04. The Hall–Kier alpha value is -2.04. The van der Waals surface area contributed by atoms with Crippen LogP contribution in [-0.2, 0) is 16.0 Å². The van der Waals surface area contributed by atoms with Crippen LogP contribution in [0.15, 0.2) is 24.3 Å². The highest BCUT2D eigenvalue weighted by atomic mass is 16.6. The number of anilines is 1. The molecular formula is C18H28N2O3. The maximum Gasteiger partial charge on any atom is 0.410 e. The number of aryl methyl sites for hydroxylation is 1. The van der Waals surface area contributed by atoms with Gasteiger partial charge in [0, 0.05) is 25.7 Å². The second kappa shape index (κ2) is 8.56. The molecule has 0 spiro atoms. The highest BCUT2D eigenvalue weighted by Crippen LogP contribution is 2.12. The van der Waals surface area contributed by atoms with E-state index in [0.717, 1.165) is 12.1 Å². The summed E-state index contributed by atoms with van der Waals surface area (Å²) < 4.78 is 5.26. The summed E-state index contributed by atoms with van der Waals surface area (Å²) in [5, 5.41) is 2.88. The molecule has 1 rings (SSSR count). The quantitative estimate of drug-likeness (QED) is 0.866. The number of ether oxygens (including phenoxy) is 1. The van der Waals surface area contributed by atoms with E-state index in [0.29, 0.717) is 19.4 Å². The molecule has 5 nitrogen and oxygen atoms in total. The van der Waals surface area contributed by atoms with Crippen LogP contribution in [0.5, 0.6) is 0 Å². The zero-order chi connectivity index (χ0) is 17.5. The molecule has 0 saturated heterocycles. The summed E-state index contributed by atoms with van der Waals surface area (Å²) in [7, 11) is 1.68. The van der Waals surface area contributed by atoms with Gasteiger partial charge < -0.3 is 15.0 Å². The summed E-state index contributed by atoms with van der Waals surface area (Å²) >= 11 is 0. The molecule has 0 radical (unpaired) electrons. The van der Waals surface area contributed by atoms with Gasteiger partial charge in [-0.15, -0.1) is 0 Å². The van der Waals surface area contributed by atoms with E-state index in [9.17, 15) is 9.59 Å². The molecule has 0 fully saturated rings. The molecule has 0 aromatic heterocycles. The lowest BCUT2D eigenvalue weighted by Crippen LogP contribution is -2.35. The van der Waals surface area contributed by atoms with E-state index in [-0.39, 0.29) is 12.0 Å². The van der Waals surface area contributed by atoms with Gasteiger partial charge in [0.05, 0.1) is 0 Å². The molecule has 0 aliphatic heterocycles. The molecule has 1 aromatic rings. The molecule has 0 aliphatic carbocycles. The minimum Gasteiger partial charge on any atom is -0.444 e. The Morgan fingerprint density at radius 1 is 1.26 bits per heavy atom. The zero-order valence-electron chi connectivity index (χ0n) is 14.8. The number of hydrogen-bond acceptors (Lipinski definition) is 3. The average Bonchev–Trinajstić information content (AvgIpc) is 2.45. The van der Waals surface area contributed by atoms with Crippen molar-refractivity contribution in [3.05, 3.63) is 29.8 Å². The van der Waals surface area contributed by atoms with Crippen molar-refractivity contribution in [2.75, 3.05) is 18.9 Å². The van der Waals surface area contributed by atoms with Gasteiger partial charge in [-0.2, -0.15) is 0 Å². The van der Waals surface area contributed by atoms with Gasteiger partial charge >= 0.3 is 6.09 Å². The van der Waals surface area contributed by atoms with Crippen molar-refractivity contribution in [3.8, 4) is 0 Å². The Morgan fingerprint density at radius 2 is 1.96 bits per heavy atom. The number of rotatable bonds is 6. The summed E-state index contributed by atoms with van der Waals surface area (Å²) in [5.41, 5.74) is 1.50. The van der Waals surface area contributed by atoms with Gasteiger partial charge in [0.2, 0.25) is 5.91 Å². The van der Waals surface area contributed by atoms with Crippen LogP contribution in [0.1, 0.15) is 46.1 Å². The van der Waals surface area contributed by atoms with Crippen LogP contribution < -0.4 is 5.32 Å². The van der Waals surface area contributed by atoms with Gasteiger partial charge in [-0.1, -0.05) is 19.1 Å². The number of nitrogens with zero attached hydrogens (tertiary/aromatic N) is 1. The number of nitrogens with one attached hydrogen (secondary N) is 1. The van der Waals surface area contributed by atoms with Crippen molar-refractivity contribution in [2.45, 2.75) is 52.6 Å².